The number of hydrogen-bond donors (Lipinski definition) is 1. The van der Waals surface area contributed by atoms with Gasteiger partial charge >= 0.3 is 6.18 Å². The fourth-order valence-corrected chi connectivity index (χ4v) is 2.61. The average Bonchev–Trinajstić information content (AvgIpc) is 3.12. The molecule has 0 radical (unpaired) electrons. The molecule has 1 saturated heterocycles. The second-order valence-corrected chi connectivity index (χ2v) is 5.22. The van der Waals surface area contributed by atoms with E-state index in [0.29, 0.717) is 10.3 Å². The molecule has 1 aliphatic rings. The highest BCUT2D eigenvalue weighted by atomic mass is 19.4. The van der Waals surface area contributed by atoms with Crippen LogP contribution in [0.3, 0.4) is 0 Å². The van der Waals surface area contributed by atoms with Gasteiger partial charge < -0.3 is 10.1 Å². The zero-order valence-corrected chi connectivity index (χ0v) is 12.0. The molecule has 3 rings (SSSR count). The molecule has 1 fully saturated rings. The summed E-state index contributed by atoms with van der Waals surface area (Å²) >= 11 is 0. The van der Waals surface area contributed by atoms with Crippen LogP contribution in [-0.2, 0) is 10.9 Å². The molecule has 0 aromatic carbocycles. The summed E-state index contributed by atoms with van der Waals surface area (Å²) in [6.07, 6.45) is -1.80. The number of hydrogen-bond acceptors (Lipinski definition) is 5. The molecule has 0 bridgehead atoms. The predicted molar refractivity (Wildman–Crippen MR) is 72.5 cm³/mol. The average molecular weight is 315 g/mol. The van der Waals surface area contributed by atoms with Gasteiger partial charge in [-0.1, -0.05) is 6.92 Å². The van der Waals surface area contributed by atoms with Crippen LogP contribution in [-0.4, -0.2) is 38.6 Å². The zero-order chi connectivity index (χ0) is 15.7. The first-order valence-electron chi connectivity index (χ1n) is 7.17. The Labute approximate surface area is 124 Å². The number of rotatable bonds is 4. The highest BCUT2D eigenvalue weighted by molar-refractivity contribution is 5.44. The van der Waals surface area contributed by atoms with E-state index < -0.39 is 12.0 Å². The number of nitrogens with zero attached hydrogens (tertiary/aromatic N) is 4. The lowest BCUT2D eigenvalue weighted by molar-refractivity contribution is -0.146. The smallest absolute Gasteiger partial charge is 0.376 e. The standard InChI is InChI=1S/C13H16F3N5O/c1-2-8(9-4-3-7-22-9)17-10-5-6-11-18-19-12(13(14,15)16)21(11)20-10/h5-6,8-9H,2-4,7H2,1H3,(H,17,20). The highest BCUT2D eigenvalue weighted by Crippen LogP contribution is 2.28. The third-order valence-corrected chi connectivity index (χ3v) is 3.70. The summed E-state index contributed by atoms with van der Waals surface area (Å²) in [6, 6.07) is 3.07. The van der Waals surface area contributed by atoms with Crippen molar-refractivity contribution in [1.82, 2.24) is 19.8 Å². The quantitative estimate of drug-likeness (QED) is 0.939. The molecule has 1 aliphatic heterocycles. The summed E-state index contributed by atoms with van der Waals surface area (Å²) in [4.78, 5) is 0. The summed E-state index contributed by atoms with van der Waals surface area (Å²) in [5.74, 6) is -0.781. The summed E-state index contributed by atoms with van der Waals surface area (Å²) in [5, 5.41) is 13.8. The minimum absolute atomic E-state index is 0.0123. The van der Waals surface area contributed by atoms with Gasteiger partial charge in [-0.3, -0.25) is 0 Å². The molecule has 0 saturated carbocycles. The van der Waals surface area contributed by atoms with Crippen molar-refractivity contribution in [3.05, 3.63) is 18.0 Å². The van der Waals surface area contributed by atoms with E-state index in [4.69, 9.17) is 4.74 Å². The SMILES string of the molecule is CCC(Nc1ccc2nnc(C(F)(F)F)n2n1)C1CCCO1. The molecular formula is C13H16F3N5O. The fraction of sp³-hybridized carbons (Fsp3) is 0.615. The lowest BCUT2D eigenvalue weighted by Crippen LogP contribution is -2.33. The van der Waals surface area contributed by atoms with E-state index in [-0.39, 0.29) is 17.8 Å². The van der Waals surface area contributed by atoms with E-state index in [1.54, 1.807) is 6.07 Å². The first kappa shape index (κ1) is 15.0. The van der Waals surface area contributed by atoms with E-state index in [1.807, 2.05) is 6.92 Å². The van der Waals surface area contributed by atoms with Gasteiger partial charge in [0.15, 0.2) is 5.65 Å². The summed E-state index contributed by atoms with van der Waals surface area (Å²) in [6.45, 7) is 2.72. The zero-order valence-electron chi connectivity index (χ0n) is 12.0. The number of nitrogens with one attached hydrogen (secondary N) is 1. The van der Waals surface area contributed by atoms with Gasteiger partial charge in [0.25, 0.3) is 5.82 Å². The number of ether oxygens (including phenoxy) is 1. The molecule has 0 amide bonds. The van der Waals surface area contributed by atoms with Gasteiger partial charge in [-0.05, 0) is 31.4 Å². The van der Waals surface area contributed by atoms with E-state index in [9.17, 15) is 13.2 Å². The molecule has 0 aliphatic carbocycles. The van der Waals surface area contributed by atoms with Crippen LogP contribution in [0.4, 0.5) is 19.0 Å². The van der Waals surface area contributed by atoms with Crippen molar-refractivity contribution >= 4 is 11.5 Å². The Morgan fingerprint density at radius 3 is 2.86 bits per heavy atom. The van der Waals surface area contributed by atoms with Gasteiger partial charge in [0, 0.05) is 6.61 Å². The van der Waals surface area contributed by atoms with E-state index >= 15 is 0 Å². The third kappa shape index (κ3) is 2.85. The first-order chi connectivity index (χ1) is 10.5. The predicted octanol–water partition coefficient (Wildman–Crippen LogP) is 2.51. The van der Waals surface area contributed by atoms with E-state index in [0.717, 1.165) is 25.9 Å². The summed E-state index contributed by atoms with van der Waals surface area (Å²) in [5.41, 5.74) is 0.0584. The van der Waals surface area contributed by atoms with Crippen molar-refractivity contribution in [2.24, 2.45) is 0 Å². The van der Waals surface area contributed by atoms with Crippen molar-refractivity contribution in [3.63, 3.8) is 0 Å². The minimum atomic E-state index is -4.59. The molecule has 6 nitrogen and oxygen atoms in total. The number of fused-ring (bicyclic) bond motifs is 1. The van der Waals surface area contributed by atoms with Crippen LogP contribution in [0.5, 0.6) is 0 Å². The van der Waals surface area contributed by atoms with Crippen LogP contribution in [0.2, 0.25) is 0 Å². The minimum Gasteiger partial charge on any atom is -0.376 e. The molecule has 2 aromatic rings. The normalized spacial score (nSPS) is 20.5. The maximum Gasteiger partial charge on any atom is 0.453 e. The van der Waals surface area contributed by atoms with Gasteiger partial charge in [0.1, 0.15) is 5.82 Å². The van der Waals surface area contributed by atoms with Gasteiger partial charge in [-0.2, -0.15) is 17.7 Å². The van der Waals surface area contributed by atoms with Crippen LogP contribution < -0.4 is 5.32 Å². The largest absolute Gasteiger partial charge is 0.453 e. The Morgan fingerprint density at radius 2 is 2.23 bits per heavy atom. The number of alkyl halides is 3. The van der Waals surface area contributed by atoms with Gasteiger partial charge in [0.05, 0.1) is 12.1 Å². The van der Waals surface area contributed by atoms with E-state index in [1.165, 1.54) is 6.07 Å². The molecule has 2 aromatic heterocycles. The van der Waals surface area contributed by atoms with Gasteiger partial charge in [0.2, 0.25) is 0 Å². The molecule has 2 unspecified atom stereocenters. The van der Waals surface area contributed by atoms with Crippen LogP contribution in [0.15, 0.2) is 12.1 Å². The van der Waals surface area contributed by atoms with Crippen molar-refractivity contribution in [2.45, 2.75) is 44.5 Å². The number of anilines is 1. The van der Waals surface area contributed by atoms with Crippen molar-refractivity contribution < 1.29 is 17.9 Å². The Morgan fingerprint density at radius 1 is 1.41 bits per heavy atom. The van der Waals surface area contributed by atoms with Gasteiger partial charge in [-0.15, -0.1) is 15.3 Å². The number of aromatic nitrogens is 4. The van der Waals surface area contributed by atoms with Crippen LogP contribution in [0.25, 0.3) is 5.65 Å². The molecule has 0 spiro atoms. The Kier molecular flexibility index (Phi) is 3.90. The fourth-order valence-electron chi connectivity index (χ4n) is 2.61. The van der Waals surface area contributed by atoms with Crippen molar-refractivity contribution in [3.8, 4) is 0 Å². The topological polar surface area (TPSA) is 64.3 Å². The molecular weight excluding hydrogens is 299 g/mol. The molecule has 1 N–H and O–H groups in total. The molecule has 9 heteroatoms. The van der Waals surface area contributed by atoms with Crippen LogP contribution >= 0.6 is 0 Å². The van der Waals surface area contributed by atoms with E-state index in [2.05, 4.69) is 20.6 Å². The van der Waals surface area contributed by atoms with Crippen LogP contribution in [0, 0.1) is 0 Å². The highest BCUT2D eigenvalue weighted by Gasteiger charge is 2.37. The molecule has 120 valence electrons. The monoisotopic (exact) mass is 315 g/mol. The lowest BCUT2D eigenvalue weighted by Gasteiger charge is -2.23. The summed E-state index contributed by atoms with van der Waals surface area (Å²) < 4.78 is 44.9. The molecule has 2 atom stereocenters. The molecule has 22 heavy (non-hydrogen) atoms. The van der Waals surface area contributed by atoms with Crippen molar-refractivity contribution in [1.29, 1.82) is 0 Å². The maximum atomic E-state index is 12.9. The Hall–Kier alpha value is -1.90. The van der Waals surface area contributed by atoms with Gasteiger partial charge in [-0.25, -0.2) is 0 Å². The third-order valence-electron chi connectivity index (χ3n) is 3.70. The van der Waals surface area contributed by atoms with Crippen LogP contribution in [0.1, 0.15) is 32.0 Å². The Balaban J connectivity index is 1.87. The first-order valence-corrected chi connectivity index (χ1v) is 7.17. The number of halogens is 3. The second-order valence-electron chi connectivity index (χ2n) is 5.22. The molecule has 3 heterocycles. The second kappa shape index (κ2) is 5.71. The Bertz CT molecular complexity index is 651. The lowest BCUT2D eigenvalue weighted by atomic mass is 10.1. The summed E-state index contributed by atoms with van der Waals surface area (Å²) in [7, 11) is 0. The van der Waals surface area contributed by atoms with Crippen molar-refractivity contribution in [2.75, 3.05) is 11.9 Å². The maximum absolute atomic E-state index is 12.9.